The van der Waals surface area contributed by atoms with Crippen molar-refractivity contribution < 1.29 is 9.13 Å². The van der Waals surface area contributed by atoms with Gasteiger partial charge in [-0.1, -0.05) is 0 Å². The summed E-state index contributed by atoms with van der Waals surface area (Å²) < 4.78 is 20.0. The van der Waals surface area contributed by atoms with Crippen molar-refractivity contribution in [1.82, 2.24) is 10.3 Å². The molecule has 114 valence electrons. The first-order valence-electron chi connectivity index (χ1n) is 7.90. The fraction of sp³-hybridized carbons (Fsp3) is 0.688. The lowest BCUT2D eigenvalue weighted by molar-refractivity contribution is 0.0777. The molecule has 3 heterocycles. The third-order valence-electron chi connectivity index (χ3n) is 5.02. The number of methoxy groups -OCH3 is 1. The van der Waals surface area contributed by atoms with Crippen molar-refractivity contribution in [3.8, 4) is 0 Å². The summed E-state index contributed by atoms with van der Waals surface area (Å²) in [6.45, 7) is 4.11. The standard InChI is InChI=1S/C16H22FN3O/c1-9-7-18-8-12-5-11-6-13(17)14(19-16(11)20(9)12)15(21-2)10-3-4-10/h6,9-10,12,15,18H,3-5,7-8H2,1-2H3/t9-,12-,15?/m1/s1. The number of pyridine rings is 1. The summed E-state index contributed by atoms with van der Waals surface area (Å²) in [6.07, 6.45) is 2.93. The Bertz CT molecular complexity index is 561. The van der Waals surface area contributed by atoms with Crippen molar-refractivity contribution in [2.45, 2.75) is 44.4 Å². The van der Waals surface area contributed by atoms with Crippen molar-refractivity contribution in [3.05, 3.63) is 23.1 Å². The Balaban J connectivity index is 1.74. The molecule has 5 heteroatoms. The van der Waals surface area contributed by atoms with Crippen LogP contribution in [0.25, 0.3) is 0 Å². The van der Waals surface area contributed by atoms with Crippen molar-refractivity contribution >= 4 is 5.82 Å². The Morgan fingerprint density at radius 2 is 2.24 bits per heavy atom. The second kappa shape index (κ2) is 4.92. The van der Waals surface area contributed by atoms with Crippen LogP contribution in [0.2, 0.25) is 0 Å². The monoisotopic (exact) mass is 291 g/mol. The molecule has 4 rings (SSSR count). The van der Waals surface area contributed by atoms with Crippen LogP contribution in [0.3, 0.4) is 0 Å². The second-order valence-corrected chi connectivity index (χ2v) is 6.60. The Kier molecular flexibility index (Phi) is 3.15. The van der Waals surface area contributed by atoms with Gasteiger partial charge in [-0.05, 0) is 43.7 Å². The minimum Gasteiger partial charge on any atom is -0.375 e. The fourth-order valence-electron chi connectivity index (χ4n) is 3.85. The molecule has 3 atom stereocenters. The molecule has 1 aliphatic carbocycles. The molecule has 3 aliphatic rings. The lowest BCUT2D eigenvalue weighted by atomic mass is 10.1. The smallest absolute Gasteiger partial charge is 0.147 e. The van der Waals surface area contributed by atoms with E-state index in [2.05, 4.69) is 17.1 Å². The Morgan fingerprint density at radius 1 is 1.43 bits per heavy atom. The predicted octanol–water partition coefficient (Wildman–Crippen LogP) is 2.04. The number of anilines is 1. The number of piperazine rings is 1. The molecular weight excluding hydrogens is 269 g/mol. The van der Waals surface area contributed by atoms with Gasteiger partial charge in [0, 0.05) is 32.3 Å². The average Bonchev–Trinajstić information content (AvgIpc) is 3.22. The molecular formula is C16H22FN3O. The van der Waals surface area contributed by atoms with Gasteiger partial charge >= 0.3 is 0 Å². The van der Waals surface area contributed by atoms with Crippen molar-refractivity contribution in [2.75, 3.05) is 25.1 Å². The zero-order valence-corrected chi connectivity index (χ0v) is 12.6. The molecule has 0 amide bonds. The predicted molar refractivity (Wildman–Crippen MR) is 79.0 cm³/mol. The SMILES string of the molecule is COC(c1nc2c(cc1F)C[C@@H]1CNC[C@@H](C)N21)C1CC1. The van der Waals surface area contributed by atoms with E-state index in [1.165, 1.54) is 0 Å². The largest absolute Gasteiger partial charge is 0.375 e. The third-order valence-corrected chi connectivity index (χ3v) is 5.02. The van der Waals surface area contributed by atoms with Crippen molar-refractivity contribution in [1.29, 1.82) is 0 Å². The van der Waals surface area contributed by atoms with Gasteiger partial charge in [-0.15, -0.1) is 0 Å². The second-order valence-electron chi connectivity index (χ2n) is 6.60. The highest BCUT2D eigenvalue weighted by molar-refractivity contribution is 5.56. The molecule has 2 aliphatic heterocycles. The minimum atomic E-state index is -0.201. The lowest BCUT2D eigenvalue weighted by Crippen LogP contribution is -2.55. The lowest BCUT2D eigenvalue weighted by Gasteiger charge is -2.38. The molecule has 1 saturated heterocycles. The topological polar surface area (TPSA) is 37.4 Å². The normalized spacial score (nSPS) is 29.2. The molecule has 1 N–H and O–H groups in total. The fourth-order valence-corrected chi connectivity index (χ4v) is 3.85. The Morgan fingerprint density at radius 3 is 2.95 bits per heavy atom. The van der Waals surface area contributed by atoms with E-state index in [0.29, 0.717) is 23.7 Å². The molecule has 1 aromatic rings. The van der Waals surface area contributed by atoms with Crippen molar-refractivity contribution in [3.63, 3.8) is 0 Å². The highest BCUT2D eigenvalue weighted by atomic mass is 19.1. The molecule has 1 aromatic heterocycles. The summed E-state index contributed by atoms with van der Waals surface area (Å²) in [4.78, 5) is 7.09. The summed E-state index contributed by atoms with van der Waals surface area (Å²) in [5.41, 5.74) is 1.55. The molecule has 0 aromatic carbocycles. The number of nitrogens with one attached hydrogen (secondary N) is 1. The summed E-state index contributed by atoms with van der Waals surface area (Å²) >= 11 is 0. The first-order chi connectivity index (χ1) is 10.2. The van der Waals surface area contributed by atoms with Gasteiger partial charge in [0.1, 0.15) is 23.4 Å². The van der Waals surface area contributed by atoms with E-state index in [4.69, 9.17) is 9.72 Å². The highest BCUT2D eigenvalue weighted by Gasteiger charge is 2.40. The van der Waals surface area contributed by atoms with Gasteiger partial charge in [0.2, 0.25) is 0 Å². The Hall–Kier alpha value is -1.20. The number of aromatic nitrogens is 1. The van der Waals surface area contributed by atoms with E-state index in [0.717, 1.165) is 43.7 Å². The van der Waals surface area contributed by atoms with Crippen LogP contribution < -0.4 is 10.2 Å². The number of hydrogen-bond donors (Lipinski definition) is 1. The maximum atomic E-state index is 14.5. The molecule has 1 unspecified atom stereocenters. The van der Waals surface area contributed by atoms with Crippen LogP contribution in [0.4, 0.5) is 10.2 Å². The Labute approximate surface area is 124 Å². The number of ether oxygens (including phenoxy) is 1. The van der Waals surface area contributed by atoms with Gasteiger partial charge in [0.25, 0.3) is 0 Å². The van der Waals surface area contributed by atoms with Crippen molar-refractivity contribution in [2.24, 2.45) is 5.92 Å². The highest BCUT2D eigenvalue weighted by Crippen LogP contribution is 2.44. The van der Waals surface area contributed by atoms with Crippen LogP contribution in [0, 0.1) is 11.7 Å². The molecule has 0 bridgehead atoms. The van der Waals surface area contributed by atoms with E-state index in [9.17, 15) is 4.39 Å². The van der Waals surface area contributed by atoms with Gasteiger partial charge in [0.05, 0.1) is 0 Å². The number of nitrogens with zero attached hydrogens (tertiary/aromatic N) is 2. The maximum absolute atomic E-state index is 14.5. The number of hydrogen-bond acceptors (Lipinski definition) is 4. The van der Waals surface area contributed by atoms with E-state index in [-0.39, 0.29) is 11.9 Å². The van der Waals surface area contributed by atoms with E-state index in [1.54, 1.807) is 13.2 Å². The average molecular weight is 291 g/mol. The van der Waals surface area contributed by atoms with E-state index >= 15 is 0 Å². The summed E-state index contributed by atoms with van der Waals surface area (Å²) in [6, 6.07) is 2.50. The maximum Gasteiger partial charge on any atom is 0.147 e. The molecule has 4 nitrogen and oxygen atoms in total. The van der Waals surface area contributed by atoms with Crippen LogP contribution >= 0.6 is 0 Å². The minimum absolute atomic E-state index is 0.187. The van der Waals surface area contributed by atoms with Crippen LogP contribution in [0.5, 0.6) is 0 Å². The first kappa shape index (κ1) is 13.5. The van der Waals surface area contributed by atoms with E-state index in [1.807, 2.05) is 0 Å². The molecule has 0 radical (unpaired) electrons. The zero-order valence-electron chi connectivity index (χ0n) is 12.6. The summed E-state index contributed by atoms with van der Waals surface area (Å²) in [5.74, 6) is 1.22. The molecule has 1 saturated carbocycles. The summed E-state index contributed by atoms with van der Waals surface area (Å²) in [5, 5.41) is 3.44. The molecule has 0 spiro atoms. The van der Waals surface area contributed by atoms with E-state index < -0.39 is 0 Å². The van der Waals surface area contributed by atoms with Gasteiger partial charge in [-0.3, -0.25) is 0 Å². The molecule has 21 heavy (non-hydrogen) atoms. The number of halogens is 1. The van der Waals surface area contributed by atoms with Crippen LogP contribution in [0.15, 0.2) is 6.07 Å². The summed E-state index contributed by atoms with van der Waals surface area (Å²) in [7, 11) is 1.66. The van der Waals surface area contributed by atoms with Gasteiger partial charge < -0.3 is 15.0 Å². The zero-order chi connectivity index (χ0) is 14.6. The first-order valence-corrected chi connectivity index (χ1v) is 7.90. The van der Waals surface area contributed by atoms with Crippen LogP contribution in [0.1, 0.15) is 37.1 Å². The van der Waals surface area contributed by atoms with Gasteiger partial charge in [0.15, 0.2) is 0 Å². The van der Waals surface area contributed by atoms with Gasteiger partial charge in [-0.25, -0.2) is 9.37 Å². The molecule has 2 fully saturated rings. The third kappa shape index (κ3) is 2.14. The number of rotatable bonds is 3. The quantitative estimate of drug-likeness (QED) is 0.925. The van der Waals surface area contributed by atoms with Crippen LogP contribution in [-0.2, 0) is 11.2 Å². The number of fused-ring (bicyclic) bond motifs is 3. The van der Waals surface area contributed by atoms with Crippen LogP contribution in [-0.4, -0.2) is 37.3 Å². The van der Waals surface area contributed by atoms with Gasteiger partial charge in [-0.2, -0.15) is 0 Å².